The van der Waals surface area contributed by atoms with Gasteiger partial charge in [0.1, 0.15) is 10.6 Å². The summed E-state index contributed by atoms with van der Waals surface area (Å²) >= 11 is 0. The van der Waals surface area contributed by atoms with Gasteiger partial charge < -0.3 is 15.0 Å². The molecule has 0 saturated carbocycles. The smallest absolute Gasteiger partial charge is 0.255 e. The lowest BCUT2D eigenvalue weighted by molar-refractivity contribution is 0.102. The van der Waals surface area contributed by atoms with Crippen LogP contribution in [0.3, 0.4) is 0 Å². The van der Waals surface area contributed by atoms with Crippen molar-refractivity contribution in [3.63, 3.8) is 0 Å². The van der Waals surface area contributed by atoms with Crippen LogP contribution in [0.4, 0.5) is 11.4 Å². The van der Waals surface area contributed by atoms with E-state index in [1.54, 1.807) is 6.07 Å². The molecular weight excluding hydrogens is 364 g/mol. The number of nitrogens with zero attached hydrogens (tertiary/aromatic N) is 1. The first kappa shape index (κ1) is 19.2. The van der Waals surface area contributed by atoms with Crippen LogP contribution < -0.4 is 15.0 Å². The van der Waals surface area contributed by atoms with Crippen LogP contribution >= 0.6 is 0 Å². The van der Waals surface area contributed by atoms with Gasteiger partial charge in [0.2, 0.25) is 0 Å². The highest BCUT2D eigenvalue weighted by atomic mass is 32.2. The van der Waals surface area contributed by atoms with E-state index in [1.807, 2.05) is 24.3 Å². The summed E-state index contributed by atoms with van der Waals surface area (Å²) in [6, 6.07) is 12.1. The molecule has 0 bridgehead atoms. The molecule has 0 spiro atoms. The largest absolute Gasteiger partial charge is 0.495 e. The fourth-order valence-corrected chi connectivity index (χ4v) is 4.10. The number of methoxy groups -OCH3 is 1. The maximum absolute atomic E-state index is 12.6. The lowest BCUT2D eigenvalue weighted by Gasteiger charge is -2.29. The van der Waals surface area contributed by atoms with Crippen LogP contribution in [0.2, 0.25) is 0 Å². The van der Waals surface area contributed by atoms with Gasteiger partial charge in [-0.3, -0.25) is 4.79 Å². The second-order valence-corrected chi connectivity index (χ2v) is 8.67. The Morgan fingerprint density at radius 2 is 1.81 bits per heavy atom. The van der Waals surface area contributed by atoms with Crippen LogP contribution in [0.15, 0.2) is 47.4 Å². The normalized spacial score (nSPS) is 14.7. The number of carbonyl (C=O) groups is 1. The minimum Gasteiger partial charge on any atom is -0.495 e. The number of carbonyl (C=O) groups excluding carboxylic acids is 1. The van der Waals surface area contributed by atoms with E-state index in [-0.39, 0.29) is 22.1 Å². The summed E-state index contributed by atoms with van der Waals surface area (Å²) in [5, 5.41) is 2.85. The third kappa shape index (κ3) is 4.60. The van der Waals surface area contributed by atoms with Gasteiger partial charge in [0, 0.05) is 36.3 Å². The summed E-state index contributed by atoms with van der Waals surface area (Å²) in [6.07, 6.45) is 4.70. The zero-order valence-electron chi connectivity index (χ0n) is 15.6. The second kappa shape index (κ2) is 8.00. The van der Waals surface area contributed by atoms with Gasteiger partial charge in [-0.1, -0.05) is 6.07 Å². The van der Waals surface area contributed by atoms with Gasteiger partial charge in [0.15, 0.2) is 9.84 Å². The number of nitrogens with one attached hydrogen (secondary N) is 1. The zero-order valence-corrected chi connectivity index (χ0v) is 16.4. The molecule has 0 aliphatic carbocycles. The summed E-state index contributed by atoms with van der Waals surface area (Å²) in [4.78, 5) is 14.9. The zero-order chi connectivity index (χ0) is 19.4. The van der Waals surface area contributed by atoms with Crippen LogP contribution in [0, 0.1) is 0 Å². The van der Waals surface area contributed by atoms with E-state index in [1.165, 1.54) is 38.5 Å². The third-order valence-electron chi connectivity index (χ3n) is 4.65. The minimum atomic E-state index is -3.51. The second-order valence-electron chi connectivity index (χ2n) is 6.69. The van der Waals surface area contributed by atoms with Crippen LogP contribution in [0.25, 0.3) is 0 Å². The average Bonchev–Trinajstić information content (AvgIpc) is 2.67. The number of hydrogen-bond acceptors (Lipinski definition) is 5. The van der Waals surface area contributed by atoms with E-state index < -0.39 is 9.84 Å². The summed E-state index contributed by atoms with van der Waals surface area (Å²) in [7, 11) is -2.11. The molecular formula is C20H24N2O4S. The summed E-state index contributed by atoms with van der Waals surface area (Å²) in [5.74, 6) is -0.139. The maximum atomic E-state index is 12.6. The van der Waals surface area contributed by atoms with Crippen molar-refractivity contribution >= 4 is 27.1 Å². The number of benzene rings is 2. The molecule has 1 aliphatic heterocycles. The molecule has 2 aromatic rings. The van der Waals surface area contributed by atoms with Gasteiger partial charge in [-0.25, -0.2) is 8.42 Å². The molecule has 7 heteroatoms. The molecule has 0 radical (unpaired) electrons. The van der Waals surface area contributed by atoms with Gasteiger partial charge in [-0.05, 0) is 55.7 Å². The van der Waals surface area contributed by atoms with E-state index in [9.17, 15) is 13.2 Å². The fourth-order valence-electron chi connectivity index (χ4n) is 3.24. The molecule has 1 amide bonds. The number of ether oxygens (including phenoxy) is 1. The van der Waals surface area contributed by atoms with Gasteiger partial charge in [-0.2, -0.15) is 0 Å². The Labute approximate surface area is 160 Å². The quantitative estimate of drug-likeness (QED) is 0.850. The van der Waals surface area contributed by atoms with Crippen molar-refractivity contribution < 1.29 is 17.9 Å². The van der Waals surface area contributed by atoms with Crippen LogP contribution in [0.5, 0.6) is 5.75 Å². The fraction of sp³-hybridized carbons (Fsp3) is 0.350. The van der Waals surface area contributed by atoms with Gasteiger partial charge in [0.05, 0.1) is 7.11 Å². The van der Waals surface area contributed by atoms with Crippen molar-refractivity contribution in [2.75, 3.05) is 36.7 Å². The molecule has 1 saturated heterocycles. The molecule has 27 heavy (non-hydrogen) atoms. The standard InChI is InChI=1S/C20H24N2O4S/c1-26-18-10-9-15(13-19(18)27(2,24)25)20(23)21-16-7-6-8-17(14-16)22-11-4-3-5-12-22/h6-10,13-14H,3-5,11-12H2,1-2H3,(H,21,23). The first-order valence-corrected chi connectivity index (χ1v) is 10.8. The number of rotatable bonds is 5. The Kier molecular flexibility index (Phi) is 5.70. The monoisotopic (exact) mass is 388 g/mol. The number of sulfone groups is 1. The van der Waals surface area contributed by atoms with Gasteiger partial charge >= 0.3 is 0 Å². The van der Waals surface area contributed by atoms with Crippen molar-refractivity contribution in [2.45, 2.75) is 24.2 Å². The predicted octanol–water partition coefficient (Wildman–Crippen LogP) is 3.34. The SMILES string of the molecule is COc1ccc(C(=O)Nc2cccc(N3CCCCC3)c2)cc1S(C)(=O)=O. The molecule has 1 N–H and O–H groups in total. The van der Waals surface area contributed by atoms with E-state index in [0.717, 1.165) is 25.0 Å². The van der Waals surface area contributed by atoms with E-state index >= 15 is 0 Å². The number of piperidine rings is 1. The highest BCUT2D eigenvalue weighted by molar-refractivity contribution is 7.90. The molecule has 6 nitrogen and oxygen atoms in total. The Hall–Kier alpha value is -2.54. The Morgan fingerprint density at radius 3 is 2.48 bits per heavy atom. The lowest BCUT2D eigenvalue weighted by atomic mass is 10.1. The summed E-state index contributed by atoms with van der Waals surface area (Å²) in [5.41, 5.74) is 2.03. The Morgan fingerprint density at radius 1 is 1.07 bits per heavy atom. The molecule has 1 aliphatic rings. The Balaban J connectivity index is 1.81. The average molecular weight is 388 g/mol. The van der Waals surface area contributed by atoms with Gasteiger partial charge in [-0.15, -0.1) is 0 Å². The molecule has 0 unspecified atom stereocenters. The number of anilines is 2. The molecule has 1 fully saturated rings. The van der Waals surface area contributed by atoms with E-state index in [0.29, 0.717) is 5.69 Å². The van der Waals surface area contributed by atoms with Crippen LogP contribution in [-0.4, -0.2) is 40.8 Å². The van der Waals surface area contributed by atoms with E-state index in [4.69, 9.17) is 4.74 Å². The predicted molar refractivity (Wildman–Crippen MR) is 107 cm³/mol. The van der Waals surface area contributed by atoms with E-state index in [2.05, 4.69) is 10.2 Å². The first-order chi connectivity index (χ1) is 12.9. The molecule has 0 aromatic heterocycles. The highest BCUT2D eigenvalue weighted by Gasteiger charge is 2.18. The van der Waals surface area contributed by atoms with Crippen molar-refractivity contribution in [2.24, 2.45) is 0 Å². The first-order valence-electron chi connectivity index (χ1n) is 8.93. The topological polar surface area (TPSA) is 75.7 Å². The third-order valence-corrected chi connectivity index (χ3v) is 5.77. The molecule has 2 aromatic carbocycles. The molecule has 3 rings (SSSR count). The molecule has 1 heterocycles. The maximum Gasteiger partial charge on any atom is 0.255 e. The van der Waals surface area contributed by atoms with Crippen molar-refractivity contribution in [3.8, 4) is 5.75 Å². The lowest BCUT2D eigenvalue weighted by Crippen LogP contribution is -2.29. The van der Waals surface area contributed by atoms with Gasteiger partial charge in [0.25, 0.3) is 5.91 Å². The van der Waals surface area contributed by atoms with Crippen molar-refractivity contribution in [1.29, 1.82) is 0 Å². The molecule has 0 atom stereocenters. The molecule has 144 valence electrons. The Bertz CT molecular complexity index is 935. The van der Waals surface area contributed by atoms with Crippen molar-refractivity contribution in [1.82, 2.24) is 0 Å². The minimum absolute atomic E-state index is 0.000262. The summed E-state index contributed by atoms with van der Waals surface area (Å²) in [6.45, 7) is 2.04. The summed E-state index contributed by atoms with van der Waals surface area (Å²) < 4.78 is 29.0. The van der Waals surface area contributed by atoms with Crippen LogP contribution in [0.1, 0.15) is 29.6 Å². The van der Waals surface area contributed by atoms with Crippen LogP contribution in [-0.2, 0) is 9.84 Å². The highest BCUT2D eigenvalue weighted by Crippen LogP contribution is 2.26. The number of amides is 1. The number of hydrogen-bond donors (Lipinski definition) is 1. The van der Waals surface area contributed by atoms with Crippen molar-refractivity contribution in [3.05, 3.63) is 48.0 Å².